The van der Waals surface area contributed by atoms with Crippen LogP contribution in [-0.2, 0) is 10.0 Å². The normalized spacial score (nSPS) is 11.7. The molecule has 0 saturated carbocycles. The Morgan fingerprint density at radius 1 is 1.30 bits per heavy atom. The van der Waals surface area contributed by atoms with Crippen molar-refractivity contribution in [3.05, 3.63) is 41.2 Å². The monoisotopic (exact) mass is 337 g/mol. The van der Waals surface area contributed by atoms with Crippen molar-refractivity contribution in [1.29, 1.82) is 0 Å². The van der Waals surface area contributed by atoms with Crippen molar-refractivity contribution in [3.8, 4) is 0 Å². The first kappa shape index (κ1) is 17.0. The van der Waals surface area contributed by atoms with E-state index < -0.39 is 16.0 Å². The summed E-state index contributed by atoms with van der Waals surface area (Å²) in [5.74, 6) is -1.18. The van der Waals surface area contributed by atoms with Crippen LogP contribution >= 0.6 is 0 Å². The lowest BCUT2D eigenvalue weighted by atomic mass is 10.0. The van der Waals surface area contributed by atoms with Gasteiger partial charge < -0.3 is 5.11 Å². The SMILES string of the molecule is Cc1cc(C)c(C(=O)O)c(NS(=O)(=O)c2cnn(C(C)C)c2)c1. The van der Waals surface area contributed by atoms with Gasteiger partial charge in [-0.3, -0.25) is 9.40 Å². The number of rotatable bonds is 5. The highest BCUT2D eigenvalue weighted by Crippen LogP contribution is 2.25. The molecule has 0 radical (unpaired) electrons. The minimum Gasteiger partial charge on any atom is -0.478 e. The summed E-state index contributed by atoms with van der Waals surface area (Å²) in [6, 6.07) is 3.22. The Labute approximate surface area is 135 Å². The van der Waals surface area contributed by atoms with E-state index in [4.69, 9.17) is 0 Å². The number of benzene rings is 1. The quantitative estimate of drug-likeness (QED) is 0.873. The molecule has 0 spiro atoms. The second-order valence-electron chi connectivity index (χ2n) is 5.66. The number of hydrogen-bond acceptors (Lipinski definition) is 4. The smallest absolute Gasteiger partial charge is 0.338 e. The highest BCUT2D eigenvalue weighted by atomic mass is 32.2. The molecule has 8 heteroatoms. The van der Waals surface area contributed by atoms with Gasteiger partial charge in [0, 0.05) is 12.2 Å². The third kappa shape index (κ3) is 3.53. The number of aromatic nitrogens is 2. The Morgan fingerprint density at radius 2 is 1.96 bits per heavy atom. The summed E-state index contributed by atoms with van der Waals surface area (Å²) < 4.78 is 28.8. The highest BCUT2D eigenvalue weighted by Gasteiger charge is 2.22. The molecule has 0 aliphatic carbocycles. The third-order valence-electron chi connectivity index (χ3n) is 3.36. The van der Waals surface area contributed by atoms with Crippen LogP contribution in [0.15, 0.2) is 29.4 Å². The molecule has 0 aliphatic rings. The van der Waals surface area contributed by atoms with E-state index in [9.17, 15) is 18.3 Å². The van der Waals surface area contributed by atoms with Crippen LogP contribution in [-0.4, -0.2) is 29.3 Å². The van der Waals surface area contributed by atoms with E-state index in [0.717, 1.165) is 5.56 Å². The summed E-state index contributed by atoms with van der Waals surface area (Å²) in [4.78, 5) is 11.4. The molecule has 0 unspecified atom stereocenters. The van der Waals surface area contributed by atoms with Crippen LogP contribution < -0.4 is 4.72 Å². The van der Waals surface area contributed by atoms with Gasteiger partial charge in [0.1, 0.15) is 4.90 Å². The predicted octanol–water partition coefficient (Wildman–Crippen LogP) is 2.58. The molecule has 7 nitrogen and oxygen atoms in total. The zero-order valence-electron chi connectivity index (χ0n) is 13.4. The minimum absolute atomic E-state index is 0.0123. The highest BCUT2D eigenvalue weighted by molar-refractivity contribution is 7.92. The minimum atomic E-state index is -3.91. The Morgan fingerprint density at radius 3 is 2.48 bits per heavy atom. The topological polar surface area (TPSA) is 101 Å². The van der Waals surface area contributed by atoms with E-state index >= 15 is 0 Å². The lowest BCUT2D eigenvalue weighted by molar-refractivity contribution is 0.0697. The molecule has 2 rings (SSSR count). The first-order valence-corrected chi connectivity index (χ1v) is 8.51. The van der Waals surface area contributed by atoms with Crippen LogP contribution in [0.5, 0.6) is 0 Å². The van der Waals surface area contributed by atoms with Crippen molar-refractivity contribution in [1.82, 2.24) is 9.78 Å². The van der Waals surface area contributed by atoms with Crippen molar-refractivity contribution in [2.75, 3.05) is 4.72 Å². The molecule has 2 aromatic rings. The summed E-state index contributed by atoms with van der Waals surface area (Å²) in [6.45, 7) is 7.16. The van der Waals surface area contributed by atoms with Crippen LogP contribution in [0.25, 0.3) is 0 Å². The van der Waals surface area contributed by atoms with E-state index in [1.54, 1.807) is 19.9 Å². The fraction of sp³-hybridized carbons (Fsp3) is 0.333. The fourth-order valence-corrected chi connectivity index (χ4v) is 3.28. The van der Waals surface area contributed by atoms with Gasteiger partial charge in [0.2, 0.25) is 0 Å². The lowest BCUT2D eigenvalue weighted by Crippen LogP contribution is -2.16. The number of sulfonamides is 1. The van der Waals surface area contributed by atoms with Crippen molar-refractivity contribution in [2.24, 2.45) is 0 Å². The molecule has 0 bridgehead atoms. The van der Waals surface area contributed by atoms with Crippen molar-refractivity contribution in [2.45, 2.75) is 38.6 Å². The summed E-state index contributed by atoms with van der Waals surface area (Å²) >= 11 is 0. The number of hydrogen-bond donors (Lipinski definition) is 2. The van der Waals surface area contributed by atoms with Crippen LogP contribution in [0, 0.1) is 13.8 Å². The van der Waals surface area contributed by atoms with Crippen molar-refractivity contribution in [3.63, 3.8) is 0 Å². The maximum atomic E-state index is 12.5. The molecular weight excluding hydrogens is 318 g/mol. The Bertz CT molecular complexity index is 854. The average molecular weight is 337 g/mol. The standard InChI is InChI=1S/C15H19N3O4S/c1-9(2)18-8-12(7-16-18)23(21,22)17-13-6-10(3)5-11(4)14(13)15(19)20/h5-9,17H,1-4H3,(H,19,20). The largest absolute Gasteiger partial charge is 0.478 e. The molecule has 0 saturated heterocycles. The van der Waals surface area contributed by atoms with E-state index in [0.29, 0.717) is 5.56 Å². The molecule has 0 aliphatic heterocycles. The van der Waals surface area contributed by atoms with Gasteiger partial charge >= 0.3 is 5.97 Å². The van der Waals surface area contributed by atoms with Gasteiger partial charge in [-0.1, -0.05) is 6.07 Å². The van der Waals surface area contributed by atoms with Gasteiger partial charge in [0.05, 0.1) is 17.4 Å². The molecule has 0 atom stereocenters. The van der Waals surface area contributed by atoms with Crippen LogP contribution in [0.4, 0.5) is 5.69 Å². The molecule has 0 fully saturated rings. The van der Waals surface area contributed by atoms with E-state index in [1.165, 1.54) is 23.1 Å². The second kappa shape index (κ2) is 6.04. The number of carboxylic acids is 1. The molecule has 1 aromatic carbocycles. The van der Waals surface area contributed by atoms with Gasteiger partial charge in [-0.25, -0.2) is 13.2 Å². The zero-order valence-corrected chi connectivity index (χ0v) is 14.2. The molecule has 1 aromatic heterocycles. The average Bonchev–Trinajstić information content (AvgIpc) is 2.86. The molecule has 1 heterocycles. The van der Waals surface area contributed by atoms with Gasteiger partial charge in [0.25, 0.3) is 10.0 Å². The van der Waals surface area contributed by atoms with Gasteiger partial charge in [0.15, 0.2) is 0 Å². The zero-order chi connectivity index (χ0) is 17.4. The van der Waals surface area contributed by atoms with Crippen LogP contribution in [0.3, 0.4) is 0 Å². The number of aryl methyl sites for hydroxylation is 2. The van der Waals surface area contributed by atoms with Gasteiger partial charge in [-0.2, -0.15) is 5.10 Å². The van der Waals surface area contributed by atoms with Crippen LogP contribution in [0.2, 0.25) is 0 Å². The first-order chi connectivity index (χ1) is 10.6. The van der Waals surface area contributed by atoms with E-state index in [1.807, 2.05) is 13.8 Å². The van der Waals surface area contributed by atoms with E-state index in [-0.39, 0.29) is 22.2 Å². The number of carboxylic acid groups (broad SMARTS) is 1. The maximum absolute atomic E-state index is 12.5. The Balaban J connectivity index is 2.46. The summed E-state index contributed by atoms with van der Waals surface area (Å²) in [5.41, 5.74) is 1.25. The number of aromatic carboxylic acids is 1. The lowest BCUT2D eigenvalue weighted by Gasteiger charge is -2.12. The maximum Gasteiger partial charge on any atom is 0.338 e. The molecule has 23 heavy (non-hydrogen) atoms. The third-order valence-corrected chi connectivity index (χ3v) is 4.68. The molecule has 124 valence electrons. The second-order valence-corrected chi connectivity index (χ2v) is 7.35. The molecule has 2 N–H and O–H groups in total. The number of nitrogens with one attached hydrogen (secondary N) is 1. The first-order valence-electron chi connectivity index (χ1n) is 7.03. The summed E-state index contributed by atoms with van der Waals surface area (Å²) in [6.07, 6.45) is 2.65. The van der Waals surface area contributed by atoms with Gasteiger partial charge in [-0.15, -0.1) is 0 Å². The molecular formula is C15H19N3O4S. The van der Waals surface area contributed by atoms with Gasteiger partial charge in [-0.05, 0) is 44.9 Å². The molecule has 0 amide bonds. The summed E-state index contributed by atoms with van der Waals surface area (Å²) in [7, 11) is -3.91. The summed E-state index contributed by atoms with van der Waals surface area (Å²) in [5, 5.41) is 13.3. The van der Waals surface area contributed by atoms with Crippen molar-refractivity contribution < 1.29 is 18.3 Å². The number of anilines is 1. The van der Waals surface area contributed by atoms with Crippen LogP contribution in [0.1, 0.15) is 41.4 Å². The Hall–Kier alpha value is -2.35. The van der Waals surface area contributed by atoms with E-state index in [2.05, 4.69) is 9.82 Å². The Kier molecular flexibility index (Phi) is 4.46. The number of nitrogens with zero attached hydrogens (tertiary/aromatic N) is 2. The van der Waals surface area contributed by atoms with Crippen molar-refractivity contribution >= 4 is 21.7 Å². The predicted molar refractivity (Wildman–Crippen MR) is 86.3 cm³/mol. The number of carbonyl (C=O) groups is 1. The fourth-order valence-electron chi connectivity index (χ4n) is 2.28.